The van der Waals surface area contributed by atoms with Crippen LogP contribution in [0.3, 0.4) is 0 Å². The molecule has 0 radical (unpaired) electrons. The number of carbonyl (C=O) groups excluding carboxylic acids is 1. The van der Waals surface area contributed by atoms with Crippen molar-refractivity contribution >= 4 is 34.8 Å². The summed E-state index contributed by atoms with van der Waals surface area (Å²) in [5.41, 5.74) is 6.46. The molecule has 1 aliphatic rings. The quantitative estimate of drug-likeness (QED) is 0.812. The summed E-state index contributed by atoms with van der Waals surface area (Å²) < 4.78 is 5.60. The molecule has 1 aliphatic heterocycles. The van der Waals surface area contributed by atoms with Crippen LogP contribution < -0.4 is 5.73 Å². The van der Waals surface area contributed by atoms with Crippen LogP contribution in [0.5, 0.6) is 0 Å². The van der Waals surface area contributed by atoms with Crippen LogP contribution in [0.1, 0.15) is 24.2 Å². The molecule has 1 aromatic carbocycles. The lowest BCUT2D eigenvalue weighted by Gasteiger charge is -2.35. The predicted molar refractivity (Wildman–Crippen MR) is 76.8 cm³/mol. The Morgan fingerprint density at radius 3 is 2.42 bits per heavy atom. The van der Waals surface area contributed by atoms with E-state index in [0.717, 1.165) is 0 Å². The molecule has 1 aromatic rings. The van der Waals surface area contributed by atoms with Gasteiger partial charge in [0.2, 0.25) is 0 Å². The smallest absolute Gasteiger partial charge is 0.255 e. The van der Waals surface area contributed by atoms with Crippen molar-refractivity contribution in [1.82, 2.24) is 4.90 Å². The predicted octanol–water partition coefficient (Wildman–Crippen LogP) is 2.83. The fraction of sp³-hybridized carbons (Fsp3) is 0.462. The Bertz CT molecular complexity index is 498. The van der Waals surface area contributed by atoms with Crippen molar-refractivity contribution in [2.45, 2.75) is 26.1 Å². The highest BCUT2D eigenvalue weighted by Gasteiger charge is 2.28. The van der Waals surface area contributed by atoms with E-state index in [1.54, 1.807) is 4.90 Å². The average Bonchev–Trinajstić information content (AvgIpc) is 2.31. The van der Waals surface area contributed by atoms with Crippen LogP contribution in [0.25, 0.3) is 0 Å². The average molecular weight is 303 g/mol. The summed E-state index contributed by atoms with van der Waals surface area (Å²) in [5.74, 6) is -0.143. The molecule has 0 aliphatic carbocycles. The zero-order valence-electron chi connectivity index (χ0n) is 10.8. The molecular formula is C13H16Cl2N2O2. The Kier molecular flexibility index (Phi) is 4.23. The second-order valence-electron chi connectivity index (χ2n) is 4.82. The van der Waals surface area contributed by atoms with Crippen molar-refractivity contribution in [3.63, 3.8) is 0 Å². The lowest BCUT2D eigenvalue weighted by Crippen LogP contribution is -2.48. The van der Waals surface area contributed by atoms with Crippen molar-refractivity contribution in [3.05, 3.63) is 27.7 Å². The van der Waals surface area contributed by atoms with Gasteiger partial charge in [0.15, 0.2) is 0 Å². The minimum atomic E-state index is -0.143. The van der Waals surface area contributed by atoms with Gasteiger partial charge in [0.1, 0.15) is 0 Å². The van der Waals surface area contributed by atoms with Crippen LogP contribution in [0.15, 0.2) is 12.1 Å². The first kappa shape index (κ1) is 14.4. The van der Waals surface area contributed by atoms with Gasteiger partial charge in [0.25, 0.3) is 5.91 Å². The number of nitrogens with two attached hydrogens (primary N) is 1. The highest BCUT2D eigenvalue weighted by Crippen LogP contribution is 2.28. The minimum absolute atomic E-state index is 0.0103. The van der Waals surface area contributed by atoms with E-state index < -0.39 is 0 Å². The largest absolute Gasteiger partial charge is 0.398 e. The molecule has 6 heteroatoms. The molecule has 0 aromatic heterocycles. The topological polar surface area (TPSA) is 55.6 Å². The van der Waals surface area contributed by atoms with E-state index >= 15 is 0 Å². The molecular weight excluding hydrogens is 287 g/mol. The SMILES string of the molecule is C[C@@H]1CN(C(=O)c2cc(N)c(Cl)cc2Cl)C[C@H](C)O1. The maximum atomic E-state index is 12.5. The van der Waals surface area contributed by atoms with Crippen molar-refractivity contribution < 1.29 is 9.53 Å². The molecule has 0 bridgehead atoms. The first-order valence-corrected chi connectivity index (χ1v) is 6.83. The summed E-state index contributed by atoms with van der Waals surface area (Å²) in [5, 5.41) is 0.668. The molecule has 1 amide bonds. The van der Waals surface area contributed by atoms with E-state index in [1.165, 1.54) is 12.1 Å². The number of hydrogen-bond acceptors (Lipinski definition) is 3. The number of benzene rings is 1. The summed E-state index contributed by atoms with van der Waals surface area (Å²) in [6.07, 6.45) is 0.0206. The zero-order chi connectivity index (χ0) is 14.2. The van der Waals surface area contributed by atoms with Crippen LogP contribution in [-0.4, -0.2) is 36.1 Å². The first-order valence-electron chi connectivity index (χ1n) is 6.07. The molecule has 19 heavy (non-hydrogen) atoms. The molecule has 0 unspecified atom stereocenters. The third kappa shape index (κ3) is 3.14. The number of nitrogens with zero attached hydrogens (tertiary/aromatic N) is 1. The molecule has 1 fully saturated rings. The molecule has 104 valence electrons. The van der Waals surface area contributed by atoms with Gasteiger partial charge in [-0.2, -0.15) is 0 Å². The van der Waals surface area contributed by atoms with E-state index in [4.69, 9.17) is 33.7 Å². The lowest BCUT2D eigenvalue weighted by atomic mass is 10.1. The van der Waals surface area contributed by atoms with Gasteiger partial charge in [-0.1, -0.05) is 23.2 Å². The number of nitrogen functional groups attached to an aromatic ring is 1. The molecule has 2 atom stereocenters. The van der Waals surface area contributed by atoms with E-state index in [0.29, 0.717) is 34.4 Å². The van der Waals surface area contributed by atoms with Crippen LogP contribution >= 0.6 is 23.2 Å². The molecule has 2 N–H and O–H groups in total. The Morgan fingerprint density at radius 2 is 1.84 bits per heavy atom. The van der Waals surface area contributed by atoms with E-state index in [9.17, 15) is 4.79 Å². The van der Waals surface area contributed by atoms with Gasteiger partial charge in [-0.25, -0.2) is 0 Å². The molecule has 1 heterocycles. The van der Waals surface area contributed by atoms with Gasteiger partial charge in [-0.15, -0.1) is 0 Å². The Morgan fingerprint density at radius 1 is 1.26 bits per heavy atom. The summed E-state index contributed by atoms with van der Waals surface area (Å²) in [6, 6.07) is 3.02. The van der Waals surface area contributed by atoms with E-state index in [2.05, 4.69) is 0 Å². The van der Waals surface area contributed by atoms with Gasteiger partial charge in [-0.05, 0) is 26.0 Å². The second-order valence-corrected chi connectivity index (χ2v) is 5.64. The minimum Gasteiger partial charge on any atom is -0.398 e. The van der Waals surface area contributed by atoms with Gasteiger partial charge in [0, 0.05) is 13.1 Å². The lowest BCUT2D eigenvalue weighted by molar-refractivity contribution is -0.0586. The Labute approximate surface area is 122 Å². The van der Waals surface area contributed by atoms with Crippen molar-refractivity contribution in [1.29, 1.82) is 0 Å². The summed E-state index contributed by atoms with van der Waals surface area (Å²) in [6.45, 7) is 4.96. The molecule has 0 saturated carbocycles. The number of hydrogen-bond donors (Lipinski definition) is 1. The maximum Gasteiger partial charge on any atom is 0.255 e. The Balaban J connectivity index is 2.26. The van der Waals surface area contributed by atoms with Crippen molar-refractivity contribution in [2.75, 3.05) is 18.8 Å². The molecule has 2 rings (SSSR count). The van der Waals surface area contributed by atoms with Crippen LogP contribution in [0.4, 0.5) is 5.69 Å². The van der Waals surface area contributed by atoms with E-state index in [1.807, 2.05) is 13.8 Å². The second kappa shape index (κ2) is 5.57. The number of amides is 1. The molecule has 1 saturated heterocycles. The number of halogens is 2. The maximum absolute atomic E-state index is 12.5. The normalized spacial score (nSPS) is 23.5. The van der Waals surface area contributed by atoms with Gasteiger partial charge >= 0.3 is 0 Å². The third-order valence-corrected chi connectivity index (χ3v) is 3.66. The van der Waals surface area contributed by atoms with Gasteiger partial charge in [0.05, 0.1) is 33.5 Å². The van der Waals surface area contributed by atoms with Crippen LogP contribution in [0.2, 0.25) is 10.0 Å². The molecule has 0 spiro atoms. The number of anilines is 1. The van der Waals surface area contributed by atoms with Gasteiger partial charge < -0.3 is 15.4 Å². The van der Waals surface area contributed by atoms with Gasteiger partial charge in [-0.3, -0.25) is 4.79 Å². The van der Waals surface area contributed by atoms with Crippen LogP contribution in [-0.2, 0) is 4.74 Å². The van der Waals surface area contributed by atoms with Crippen molar-refractivity contribution in [3.8, 4) is 0 Å². The van der Waals surface area contributed by atoms with Crippen LogP contribution in [0, 0.1) is 0 Å². The third-order valence-electron chi connectivity index (χ3n) is 3.02. The number of morpholine rings is 1. The Hall–Kier alpha value is -0.970. The van der Waals surface area contributed by atoms with Crippen molar-refractivity contribution in [2.24, 2.45) is 0 Å². The summed E-state index contributed by atoms with van der Waals surface area (Å²) in [7, 11) is 0. The fourth-order valence-corrected chi connectivity index (χ4v) is 2.71. The molecule has 4 nitrogen and oxygen atoms in total. The summed E-state index contributed by atoms with van der Waals surface area (Å²) in [4.78, 5) is 14.2. The highest BCUT2D eigenvalue weighted by molar-refractivity contribution is 6.38. The van der Waals surface area contributed by atoms with E-state index in [-0.39, 0.29) is 18.1 Å². The zero-order valence-corrected chi connectivity index (χ0v) is 12.3. The first-order chi connectivity index (χ1) is 8.88. The highest BCUT2D eigenvalue weighted by atomic mass is 35.5. The monoisotopic (exact) mass is 302 g/mol. The number of ether oxygens (including phenoxy) is 1. The fourth-order valence-electron chi connectivity index (χ4n) is 2.24. The standard InChI is InChI=1S/C13H16Cl2N2O2/c1-7-5-17(6-8(2)19-7)13(18)9-3-12(16)11(15)4-10(9)14/h3-4,7-8H,5-6,16H2,1-2H3/t7-,8+. The number of rotatable bonds is 1. The summed E-state index contributed by atoms with van der Waals surface area (Å²) >= 11 is 11.9. The number of carbonyl (C=O) groups is 1.